The molecule has 1 rings (SSSR count). The first-order valence-corrected chi connectivity index (χ1v) is 6.32. The Morgan fingerprint density at radius 2 is 1.58 bits per heavy atom. The van der Waals surface area contributed by atoms with E-state index in [1.54, 1.807) is 33.5 Å². The minimum absolute atomic E-state index is 0.519. The molecule has 0 radical (unpaired) electrons. The fraction of sp³-hybridized carbons (Fsp3) is 0.571. The predicted octanol–water partition coefficient (Wildman–Crippen LogP) is 1.87. The van der Waals surface area contributed by atoms with Gasteiger partial charge in [-0.15, -0.1) is 0 Å². The molecule has 0 amide bonds. The van der Waals surface area contributed by atoms with Gasteiger partial charge in [-0.25, -0.2) is 0 Å². The number of hydrogen-bond donors (Lipinski definition) is 2. The van der Waals surface area contributed by atoms with E-state index in [1.807, 2.05) is 6.92 Å². The Morgan fingerprint density at radius 1 is 1.05 bits per heavy atom. The normalized spacial score (nSPS) is 13.8. The third kappa shape index (κ3) is 3.52. The molecule has 0 saturated carbocycles. The third-order valence-electron chi connectivity index (χ3n) is 3.09. The van der Waals surface area contributed by atoms with E-state index in [1.165, 1.54) is 0 Å². The van der Waals surface area contributed by atoms with Gasteiger partial charge < -0.3 is 25.1 Å². The van der Waals surface area contributed by atoms with E-state index in [-0.39, 0.29) is 0 Å². The second-order valence-electron chi connectivity index (χ2n) is 4.33. The van der Waals surface area contributed by atoms with Gasteiger partial charge in [-0.2, -0.15) is 0 Å². The molecule has 19 heavy (non-hydrogen) atoms. The van der Waals surface area contributed by atoms with Gasteiger partial charge in [0.25, 0.3) is 0 Å². The van der Waals surface area contributed by atoms with E-state index in [2.05, 4.69) is 0 Å². The summed E-state index contributed by atoms with van der Waals surface area (Å²) in [5, 5.41) is 10.0. The second-order valence-corrected chi connectivity index (χ2v) is 4.33. The highest BCUT2D eigenvalue weighted by Gasteiger charge is 2.22. The summed E-state index contributed by atoms with van der Waals surface area (Å²) in [5.41, 5.74) is 6.80. The van der Waals surface area contributed by atoms with Crippen LogP contribution in [0.1, 0.15) is 31.4 Å². The highest BCUT2D eigenvalue weighted by Crippen LogP contribution is 2.38. The maximum absolute atomic E-state index is 10.0. The molecule has 3 N–H and O–H groups in total. The fourth-order valence-corrected chi connectivity index (χ4v) is 2.00. The van der Waals surface area contributed by atoms with Crippen molar-refractivity contribution in [1.82, 2.24) is 0 Å². The Kier molecular flexibility index (Phi) is 5.92. The molecular formula is C14H23NO4. The van der Waals surface area contributed by atoms with Gasteiger partial charge in [0.2, 0.25) is 0 Å². The van der Waals surface area contributed by atoms with Crippen LogP contribution in [0.4, 0.5) is 0 Å². The monoisotopic (exact) mass is 269 g/mol. The van der Waals surface area contributed by atoms with Crippen molar-refractivity contribution in [3.8, 4) is 17.2 Å². The first-order valence-electron chi connectivity index (χ1n) is 6.32. The van der Waals surface area contributed by atoms with Gasteiger partial charge in [0.05, 0.1) is 33.5 Å². The Bertz CT molecular complexity index is 409. The third-order valence-corrected chi connectivity index (χ3v) is 3.09. The number of rotatable bonds is 7. The predicted molar refractivity (Wildman–Crippen MR) is 73.9 cm³/mol. The minimum Gasteiger partial charge on any atom is -0.496 e. The molecule has 0 aliphatic rings. The van der Waals surface area contributed by atoms with Gasteiger partial charge in [-0.05, 0) is 12.5 Å². The molecule has 1 aromatic rings. The van der Waals surface area contributed by atoms with Crippen LogP contribution in [0.3, 0.4) is 0 Å². The molecule has 1 aromatic carbocycles. The van der Waals surface area contributed by atoms with Crippen LogP contribution in [0.2, 0.25) is 0 Å². The summed E-state index contributed by atoms with van der Waals surface area (Å²) in [6.45, 7) is 2.00. The molecule has 5 heteroatoms. The van der Waals surface area contributed by atoms with Gasteiger partial charge in [-0.3, -0.25) is 0 Å². The van der Waals surface area contributed by atoms with Crippen molar-refractivity contribution in [2.75, 3.05) is 21.3 Å². The topological polar surface area (TPSA) is 73.9 Å². The Morgan fingerprint density at radius 3 is 2.05 bits per heavy atom. The van der Waals surface area contributed by atoms with Crippen molar-refractivity contribution in [3.05, 3.63) is 17.7 Å². The molecule has 0 fully saturated rings. The van der Waals surface area contributed by atoms with E-state index >= 15 is 0 Å². The van der Waals surface area contributed by atoms with Crippen LogP contribution in [0.25, 0.3) is 0 Å². The van der Waals surface area contributed by atoms with E-state index < -0.39 is 12.1 Å². The van der Waals surface area contributed by atoms with E-state index in [9.17, 15) is 5.11 Å². The summed E-state index contributed by atoms with van der Waals surface area (Å²) in [4.78, 5) is 0. The van der Waals surface area contributed by atoms with E-state index in [4.69, 9.17) is 19.9 Å². The Hall–Kier alpha value is -1.46. The second kappa shape index (κ2) is 7.21. The van der Waals surface area contributed by atoms with Crippen LogP contribution in [-0.2, 0) is 0 Å². The van der Waals surface area contributed by atoms with Crippen LogP contribution < -0.4 is 19.9 Å². The van der Waals surface area contributed by atoms with Gasteiger partial charge in [0.1, 0.15) is 5.75 Å². The van der Waals surface area contributed by atoms with Gasteiger partial charge in [0.15, 0.2) is 11.5 Å². The van der Waals surface area contributed by atoms with Gasteiger partial charge in [-0.1, -0.05) is 13.3 Å². The number of aliphatic hydroxyl groups is 1. The average Bonchev–Trinajstić information content (AvgIpc) is 2.45. The quantitative estimate of drug-likeness (QED) is 0.790. The molecule has 0 unspecified atom stereocenters. The molecule has 0 aliphatic carbocycles. The van der Waals surface area contributed by atoms with E-state index in [0.717, 1.165) is 6.42 Å². The summed E-state index contributed by atoms with van der Waals surface area (Å²) in [7, 11) is 4.68. The van der Waals surface area contributed by atoms with E-state index in [0.29, 0.717) is 29.2 Å². The highest BCUT2D eigenvalue weighted by molar-refractivity contribution is 5.52. The fourth-order valence-electron chi connectivity index (χ4n) is 2.00. The van der Waals surface area contributed by atoms with Crippen LogP contribution in [-0.4, -0.2) is 32.5 Å². The number of aliphatic hydroxyl groups excluding tert-OH is 1. The first-order chi connectivity index (χ1) is 9.08. The Labute approximate surface area is 114 Å². The molecular weight excluding hydrogens is 246 g/mol. The molecule has 108 valence electrons. The molecule has 0 heterocycles. The zero-order valence-electron chi connectivity index (χ0n) is 12.0. The van der Waals surface area contributed by atoms with Gasteiger partial charge >= 0.3 is 0 Å². The number of methoxy groups -OCH3 is 3. The van der Waals surface area contributed by atoms with Gasteiger partial charge in [0, 0.05) is 11.6 Å². The number of ether oxygens (including phenoxy) is 3. The van der Waals surface area contributed by atoms with Crippen molar-refractivity contribution in [2.24, 2.45) is 5.73 Å². The number of benzene rings is 1. The lowest BCUT2D eigenvalue weighted by Crippen LogP contribution is -2.26. The average molecular weight is 269 g/mol. The lowest BCUT2D eigenvalue weighted by molar-refractivity contribution is 0.133. The molecule has 0 saturated heterocycles. The minimum atomic E-state index is -0.614. The maximum Gasteiger partial charge on any atom is 0.164 e. The lowest BCUT2D eigenvalue weighted by Gasteiger charge is -2.22. The summed E-state index contributed by atoms with van der Waals surface area (Å²) < 4.78 is 15.8. The first kappa shape index (κ1) is 15.6. The molecule has 0 bridgehead atoms. The SMILES string of the molecule is CCC[C@H](O)[C@H](N)c1cc(OC)c(OC)cc1OC. The highest BCUT2D eigenvalue weighted by atomic mass is 16.5. The molecule has 0 aliphatic heterocycles. The largest absolute Gasteiger partial charge is 0.496 e. The summed E-state index contributed by atoms with van der Waals surface area (Å²) >= 11 is 0. The van der Waals surface area contributed by atoms with Crippen LogP contribution in [0, 0.1) is 0 Å². The van der Waals surface area contributed by atoms with Crippen molar-refractivity contribution in [3.63, 3.8) is 0 Å². The zero-order chi connectivity index (χ0) is 14.4. The summed E-state index contributed by atoms with van der Waals surface area (Å²) in [6, 6.07) is 2.95. The summed E-state index contributed by atoms with van der Waals surface area (Å²) in [5.74, 6) is 1.72. The van der Waals surface area contributed by atoms with Crippen molar-refractivity contribution in [1.29, 1.82) is 0 Å². The van der Waals surface area contributed by atoms with Crippen LogP contribution in [0.15, 0.2) is 12.1 Å². The number of hydrogen-bond acceptors (Lipinski definition) is 5. The van der Waals surface area contributed by atoms with Crippen molar-refractivity contribution < 1.29 is 19.3 Å². The molecule has 2 atom stereocenters. The van der Waals surface area contributed by atoms with Crippen molar-refractivity contribution >= 4 is 0 Å². The molecule has 5 nitrogen and oxygen atoms in total. The standard InChI is InChI=1S/C14H23NO4/c1-5-6-10(16)14(15)9-7-12(18-3)13(19-4)8-11(9)17-2/h7-8,10,14,16H,5-6,15H2,1-4H3/t10-,14+/m0/s1. The lowest BCUT2D eigenvalue weighted by atomic mass is 9.97. The van der Waals surface area contributed by atoms with Crippen LogP contribution >= 0.6 is 0 Å². The zero-order valence-corrected chi connectivity index (χ0v) is 12.0. The smallest absolute Gasteiger partial charge is 0.164 e. The molecule has 0 spiro atoms. The maximum atomic E-state index is 10.0. The van der Waals surface area contributed by atoms with Crippen LogP contribution in [0.5, 0.6) is 17.2 Å². The van der Waals surface area contributed by atoms with Crippen molar-refractivity contribution in [2.45, 2.75) is 31.9 Å². The molecule has 0 aromatic heterocycles. The summed E-state index contributed by atoms with van der Waals surface area (Å²) in [6.07, 6.45) is 0.889. The Balaban J connectivity index is 3.17. The number of nitrogens with two attached hydrogens (primary N) is 1.